The van der Waals surface area contributed by atoms with Crippen LogP contribution in [0.4, 0.5) is 0 Å². The third-order valence-electron chi connectivity index (χ3n) is 2.81. The number of hydrogen-bond acceptors (Lipinski definition) is 1. The molecule has 0 saturated heterocycles. The molecule has 0 aromatic carbocycles. The molecule has 1 atom stereocenters. The Morgan fingerprint density at radius 3 is 2.58 bits per heavy atom. The van der Waals surface area contributed by atoms with E-state index in [9.17, 15) is 5.11 Å². The Morgan fingerprint density at radius 2 is 2.00 bits per heavy atom. The second-order valence-electron chi connectivity index (χ2n) is 3.77. The Balaban J connectivity index is 2.24. The molecule has 1 aliphatic rings. The summed E-state index contributed by atoms with van der Waals surface area (Å²) in [6, 6.07) is 0. The van der Waals surface area contributed by atoms with Crippen molar-refractivity contribution in [3.63, 3.8) is 0 Å². The highest BCUT2D eigenvalue weighted by molar-refractivity contribution is 4.84. The van der Waals surface area contributed by atoms with Crippen LogP contribution in [0, 0.1) is 5.92 Å². The van der Waals surface area contributed by atoms with Gasteiger partial charge in [0.1, 0.15) is 0 Å². The Kier molecular flexibility index (Phi) is 4.37. The quantitative estimate of drug-likeness (QED) is 0.642. The summed E-state index contributed by atoms with van der Waals surface area (Å²) in [5, 5.41) is 9.75. The zero-order chi connectivity index (χ0) is 8.81. The first-order valence-electron chi connectivity index (χ1n) is 5.14. The fourth-order valence-corrected chi connectivity index (χ4v) is 1.99. The molecule has 1 aliphatic carbocycles. The zero-order valence-corrected chi connectivity index (χ0v) is 8.00. The lowest BCUT2D eigenvalue weighted by atomic mass is 9.84. The van der Waals surface area contributed by atoms with E-state index in [1.807, 2.05) is 13.0 Å². The van der Waals surface area contributed by atoms with Crippen LogP contribution < -0.4 is 0 Å². The minimum absolute atomic E-state index is 0.0819. The van der Waals surface area contributed by atoms with Gasteiger partial charge in [-0.25, -0.2) is 0 Å². The van der Waals surface area contributed by atoms with E-state index in [0.29, 0.717) is 5.92 Å². The third-order valence-corrected chi connectivity index (χ3v) is 2.81. The summed E-state index contributed by atoms with van der Waals surface area (Å²) in [6.45, 7) is 2.01. The molecular formula is C11H20O. The Labute approximate surface area is 75.5 Å². The van der Waals surface area contributed by atoms with Crippen molar-refractivity contribution in [1.82, 2.24) is 0 Å². The first-order valence-corrected chi connectivity index (χ1v) is 5.14. The van der Waals surface area contributed by atoms with Gasteiger partial charge in [0, 0.05) is 0 Å². The SMILES string of the molecule is C/C=C/C[C@@H](O)C1CCCCC1. The molecular weight excluding hydrogens is 148 g/mol. The van der Waals surface area contributed by atoms with E-state index in [2.05, 4.69) is 6.08 Å². The molecule has 0 aromatic rings. The smallest absolute Gasteiger partial charge is 0.0602 e. The van der Waals surface area contributed by atoms with E-state index in [0.717, 1.165) is 6.42 Å². The van der Waals surface area contributed by atoms with Crippen molar-refractivity contribution in [3.8, 4) is 0 Å². The van der Waals surface area contributed by atoms with Crippen LogP contribution in [-0.2, 0) is 0 Å². The highest BCUT2D eigenvalue weighted by atomic mass is 16.3. The maximum absolute atomic E-state index is 9.75. The molecule has 0 radical (unpaired) electrons. The van der Waals surface area contributed by atoms with Crippen molar-refractivity contribution < 1.29 is 5.11 Å². The molecule has 1 N–H and O–H groups in total. The fraction of sp³-hybridized carbons (Fsp3) is 0.818. The fourth-order valence-electron chi connectivity index (χ4n) is 1.99. The molecule has 1 saturated carbocycles. The minimum Gasteiger partial charge on any atom is -0.393 e. The largest absolute Gasteiger partial charge is 0.393 e. The predicted octanol–water partition coefficient (Wildman–Crippen LogP) is 2.89. The van der Waals surface area contributed by atoms with Gasteiger partial charge < -0.3 is 5.11 Å². The highest BCUT2D eigenvalue weighted by Gasteiger charge is 2.20. The first kappa shape index (κ1) is 9.79. The van der Waals surface area contributed by atoms with Gasteiger partial charge in [0.25, 0.3) is 0 Å². The van der Waals surface area contributed by atoms with Gasteiger partial charge in [0.2, 0.25) is 0 Å². The first-order chi connectivity index (χ1) is 5.84. The summed E-state index contributed by atoms with van der Waals surface area (Å²) < 4.78 is 0. The molecule has 0 aliphatic heterocycles. The second kappa shape index (κ2) is 5.36. The van der Waals surface area contributed by atoms with Gasteiger partial charge in [0.05, 0.1) is 6.10 Å². The van der Waals surface area contributed by atoms with E-state index in [4.69, 9.17) is 0 Å². The van der Waals surface area contributed by atoms with Crippen LogP contribution in [0.2, 0.25) is 0 Å². The number of rotatable bonds is 3. The topological polar surface area (TPSA) is 20.2 Å². The zero-order valence-electron chi connectivity index (χ0n) is 8.00. The molecule has 0 amide bonds. The van der Waals surface area contributed by atoms with Gasteiger partial charge in [-0.3, -0.25) is 0 Å². The average Bonchev–Trinajstić information content (AvgIpc) is 2.15. The lowest BCUT2D eigenvalue weighted by Crippen LogP contribution is -2.21. The Bertz CT molecular complexity index is 134. The Morgan fingerprint density at radius 1 is 1.33 bits per heavy atom. The maximum Gasteiger partial charge on any atom is 0.0602 e. The average molecular weight is 168 g/mol. The molecule has 0 aromatic heterocycles. The molecule has 0 heterocycles. The molecule has 12 heavy (non-hydrogen) atoms. The third kappa shape index (κ3) is 2.98. The number of hydrogen-bond donors (Lipinski definition) is 1. The molecule has 0 unspecified atom stereocenters. The van der Waals surface area contributed by atoms with E-state index in [-0.39, 0.29) is 6.10 Å². The van der Waals surface area contributed by atoms with Crippen molar-refractivity contribution in [2.45, 2.75) is 51.6 Å². The summed E-state index contributed by atoms with van der Waals surface area (Å²) in [4.78, 5) is 0. The van der Waals surface area contributed by atoms with Crippen molar-refractivity contribution in [3.05, 3.63) is 12.2 Å². The van der Waals surface area contributed by atoms with Crippen LogP contribution in [0.25, 0.3) is 0 Å². The number of aliphatic hydroxyl groups is 1. The van der Waals surface area contributed by atoms with Gasteiger partial charge in [0.15, 0.2) is 0 Å². The van der Waals surface area contributed by atoms with Gasteiger partial charge in [-0.1, -0.05) is 31.4 Å². The van der Waals surface area contributed by atoms with Gasteiger partial charge in [-0.2, -0.15) is 0 Å². The van der Waals surface area contributed by atoms with Gasteiger partial charge >= 0.3 is 0 Å². The normalized spacial score (nSPS) is 23.2. The second-order valence-corrected chi connectivity index (χ2v) is 3.77. The van der Waals surface area contributed by atoms with Crippen LogP contribution in [0.3, 0.4) is 0 Å². The molecule has 70 valence electrons. The highest BCUT2D eigenvalue weighted by Crippen LogP contribution is 2.27. The van der Waals surface area contributed by atoms with E-state index < -0.39 is 0 Å². The van der Waals surface area contributed by atoms with Crippen molar-refractivity contribution >= 4 is 0 Å². The molecule has 1 nitrogen and oxygen atoms in total. The summed E-state index contributed by atoms with van der Waals surface area (Å²) in [5.74, 6) is 0.579. The van der Waals surface area contributed by atoms with Crippen molar-refractivity contribution in [2.75, 3.05) is 0 Å². The van der Waals surface area contributed by atoms with Crippen molar-refractivity contribution in [2.24, 2.45) is 5.92 Å². The number of allylic oxidation sites excluding steroid dienone is 1. The predicted molar refractivity (Wildman–Crippen MR) is 52.0 cm³/mol. The summed E-state index contributed by atoms with van der Waals surface area (Å²) in [6.07, 6.45) is 11.3. The van der Waals surface area contributed by atoms with E-state index in [1.165, 1.54) is 32.1 Å². The maximum atomic E-state index is 9.75. The van der Waals surface area contributed by atoms with Crippen LogP contribution >= 0.6 is 0 Å². The molecule has 1 rings (SSSR count). The lowest BCUT2D eigenvalue weighted by molar-refractivity contribution is 0.0873. The van der Waals surface area contributed by atoms with Crippen molar-refractivity contribution in [1.29, 1.82) is 0 Å². The van der Waals surface area contributed by atoms with Crippen LogP contribution in [0.5, 0.6) is 0 Å². The van der Waals surface area contributed by atoms with E-state index in [1.54, 1.807) is 0 Å². The van der Waals surface area contributed by atoms with Gasteiger partial charge in [-0.05, 0) is 32.1 Å². The molecule has 0 bridgehead atoms. The summed E-state index contributed by atoms with van der Waals surface area (Å²) in [7, 11) is 0. The van der Waals surface area contributed by atoms with Crippen LogP contribution in [0.15, 0.2) is 12.2 Å². The van der Waals surface area contributed by atoms with Crippen LogP contribution in [0.1, 0.15) is 45.4 Å². The number of aliphatic hydroxyl groups excluding tert-OH is 1. The van der Waals surface area contributed by atoms with Gasteiger partial charge in [-0.15, -0.1) is 0 Å². The lowest BCUT2D eigenvalue weighted by Gasteiger charge is -2.25. The standard InChI is InChI=1S/C11H20O/c1-2-3-9-11(12)10-7-5-4-6-8-10/h2-3,10-12H,4-9H2,1H3/b3-2+/t11-/m1/s1. The Hall–Kier alpha value is -0.300. The summed E-state index contributed by atoms with van der Waals surface area (Å²) in [5.41, 5.74) is 0. The monoisotopic (exact) mass is 168 g/mol. The molecule has 0 spiro atoms. The molecule has 1 fully saturated rings. The minimum atomic E-state index is -0.0819. The summed E-state index contributed by atoms with van der Waals surface area (Å²) >= 11 is 0. The van der Waals surface area contributed by atoms with E-state index >= 15 is 0 Å². The van der Waals surface area contributed by atoms with Crippen LogP contribution in [-0.4, -0.2) is 11.2 Å². The molecule has 1 heteroatoms.